The summed E-state index contributed by atoms with van der Waals surface area (Å²) in [4.78, 5) is 3.87. The standard InChI is InChI=1S/C4H6N2S2.C4H10/c1-6-2-5-3(7)4(6)8;1-4(2)3/h2,7-8H,1H3;4H,1-3H3. The summed E-state index contributed by atoms with van der Waals surface area (Å²) in [7, 11) is 1.87. The molecule has 0 radical (unpaired) electrons. The highest BCUT2D eigenvalue weighted by molar-refractivity contribution is 7.83. The molecule has 1 aromatic rings. The average molecular weight is 204 g/mol. The van der Waals surface area contributed by atoms with Crippen LogP contribution in [0.2, 0.25) is 0 Å². The van der Waals surface area contributed by atoms with Gasteiger partial charge in [0.1, 0.15) is 10.1 Å². The molecular formula is C8H16N2S2. The van der Waals surface area contributed by atoms with E-state index >= 15 is 0 Å². The van der Waals surface area contributed by atoms with E-state index in [4.69, 9.17) is 0 Å². The molecule has 0 N–H and O–H groups in total. The number of aryl methyl sites for hydroxylation is 1. The second-order valence-corrected chi connectivity index (χ2v) is 4.08. The monoisotopic (exact) mass is 204 g/mol. The largest absolute Gasteiger partial charge is 0.328 e. The number of thiol groups is 2. The van der Waals surface area contributed by atoms with Gasteiger partial charge in [-0.25, -0.2) is 4.98 Å². The summed E-state index contributed by atoms with van der Waals surface area (Å²) >= 11 is 8.10. The summed E-state index contributed by atoms with van der Waals surface area (Å²) < 4.78 is 1.80. The van der Waals surface area contributed by atoms with Crippen molar-refractivity contribution in [1.29, 1.82) is 0 Å². The van der Waals surface area contributed by atoms with E-state index in [0.717, 1.165) is 10.9 Å². The Labute approximate surface area is 85.2 Å². The molecule has 70 valence electrons. The van der Waals surface area contributed by atoms with Gasteiger partial charge in [0.15, 0.2) is 0 Å². The van der Waals surface area contributed by atoms with Crippen LogP contribution in [0, 0.1) is 5.92 Å². The van der Waals surface area contributed by atoms with Crippen LogP contribution < -0.4 is 0 Å². The Morgan fingerprint density at radius 3 is 1.83 bits per heavy atom. The van der Waals surface area contributed by atoms with Gasteiger partial charge in [0.25, 0.3) is 0 Å². The Bertz CT molecular complexity index is 209. The first-order chi connectivity index (χ1) is 5.45. The lowest BCUT2D eigenvalue weighted by Gasteiger charge is -1.89. The minimum atomic E-state index is 0.677. The van der Waals surface area contributed by atoms with Crippen molar-refractivity contribution in [1.82, 2.24) is 9.55 Å². The fourth-order valence-corrected chi connectivity index (χ4v) is 0.730. The van der Waals surface area contributed by atoms with Gasteiger partial charge in [-0.1, -0.05) is 20.8 Å². The van der Waals surface area contributed by atoms with Gasteiger partial charge in [0.2, 0.25) is 0 Å². The van der Waals surface area contributed by atoms with Crippen LogP contribution in [-0.2, 0) is 7.05 Å². The zero-order valence-corrected chi connectivity index (χ0v) is 9.73. The molecule has 0 fully saturated rings. The third-order valence-corrected chi connectivity index (χ3v) is 1.92. The summed E-state index contributed by atoms with van der Waals surface area (Å²) in [6.07, 6.45) is 1.67. The molecule has 0 bridgehead atoms. The SMILES string of the molecule is CC(C)C.Cn1cnc(S)c1S. The number of hydrogen-bond acceptors (Lipinski definition) is 3. The zero-order chi connectivity index (χ0) is 9.72. The van der Waals surface area contributed by atoms with Crippen molar-refractivity contribution in [3.05, 3.63) is 6.33 Å². The Morgan fingerprint density at radius 2 is 1.75 bits per heavy atom. The van der Waals surface area contributed by atoms with Gasteiger partial charge in [0, 0.05) is 7.05 Å². The molecular weight excluding hydrogens is 188 g/mol. The van der Waals surface area contributed by atoms with E-state index in [2.05, 4.69) is 51.0 Å². The molecule has 1 heterocycles. The smallest absolute Gasteiger partial charge is 0.125 e. The molecule has 0 aliphatic heterocycles. The zero-order valence-electron chi connectivity index (χ0n) is 7.94. The molecule has 2 nitrogen and oxygen atoms in total. The predicted molar refractivity (Wildman–Crippen MR) is 58.2 cm³/mol. The van der Waals surface area contributed by atoms with Crippen molar-refractivity contribution in [3.63, 3.8) is 0 Å². The molecule has 1 rings (SSSR count). The number of hydrogen-bond donors (Lipinski definition) is 2. The summed E-state index contributed by atoms with van der Waals surface area (Å²) in [5.74, 6) is 0.833. The molecule has 0 aromatic carbocycles. The van der Waals surface area contributed by atoms with Gasteiger partial charge >= 0.3 is 0 Å². The molecule has 0 atom stereocenters. The Balaban J connectivity index is 0.000000261. The summed E-state index contributed by atoms with van der Waals surface area (Å²) in [6.45, 7) is 6.50. The second-order valence-electron chi connectivity index (χ2n) is 3.23. The molecule has 12 heavy (non-hydrogen) atoms. The molecule has 0 aliphatic carbocycles. The predicted octanol–water partition coefficient (Wildman–Crippen LogP) is 2.66. The van der Waals surface area contributed by atoms with Gasteiger partial charge in [-0.2, -0.15) is 0 Å². The van der Waals surface area contributed by atoms with E-state index in [-0.39, 0.29) is 0 Å². The number of imidazole rings is 1. The molecule has 1 aromatic heterocycles. The minimum Gasteiger partial charge on any atom is -0.328 e. The van der Waals surface area contributed by atoms with Crippen LogP contribution in [0.15, 0.2) is 16.4 Å². The van der Waals surface area contributed by atoms with E-state index in [1.54, 1.807) is 10.9 Å². The highest BCUT2D eigenvalue weighted by Gasteiger charge is 1.96. The normalized spacial score (nSPS) is 9.58. The van der Waals surface area contributed by atoms with Crippen LogP contribution in [0.3, 0.4) is 0 Å². The molecule has 0 saturated heterocycles. The maximum Gasteiger partial charge on any atom is 0.125 e. The van der Waals surface area contributed by atoms with Crippen LogP contribution in [-0.4, -0.2) is 9.55 Å². The molecule has 0 amide bonds. The van der Waals surface area contributed by atoms with Gasteiger partial charge < -0.3 is 4.57 Å². The highest BCUT2D eigenvalue weighted by Crippen LogP contribution is 2.13. The molecule has 0 spiro atoms. The fraction of sp³-hybridized carbons (Fsp3) is 0.625. The number of rotatable bonds is 0. The highest BCUT2D eigenvalue weighted by atomic mass is 32.1. The maximum absolute atomic E-state index is 4.09. The van der Waals surface area contributed by atoms with E-state index in [0.29, 0.717) is 5.03 Å². The Kier molecular flexibility index (Phi) is 5.50. The van der Waals surface area contributed by atoms with Crippen LogP contribution in [0.25, 0.3) is 0 Å². The first kappa shape index (κ1) is 11.9. The lowest BCUT2D eigenvalue weighted by Crippen LogP contribution is -1.82. The van der Waals surface area contributed by atoms with Gasteiger partial charge in [-0.05, 0) is 5.92 Å². The third-order valence-electron chi connectivity index (χ3n) is 0.887. The molecule has 0 aliphatic rings. The van der Waals surface area contributed by atoms with Crippen LogP contribution in [0.1, 0.15) is 20.8 Å². The maximum atomic E-state index is 4.09. The summed E-state index contributed by atoms with van der Waals surface area (Å²) in [6, 6.07) is 0. The lowest BCUT2D eigenvalue weighted by atomic mass is 10.3. The second kappa shape index (κ2) is 5.54. The minimum absolute atomic E-state index is 0.677. The van der Waals surface area contributed by atoms with Gasteiger partial charge in [-0.3, -0.25) is 0 Å². The fourth-order valence-electron chi connectivity index (χ4n) is 0.411. The van der Waals surface area contributed by atoms with Crippen LogP contribution in [0.4, 0.5) is 0 Å². The molecule has 0 unspecified atom stereocenters. The van der Waals surface area contributed by atoms with Crippen molar-refractivity contribution in [2.75, 3.05) is 0 Å². The van der Waals surface area contributed by atoms with Crippen LogP contribution in [0.5, 0.6) is 0 Å². The summed E-state index contributed by atoms with van der Waals surface area (Å²) in [5.41, 5.74) is 0. The Morgan fingerprint density at radius 1 is 1.33 bits per heavy atom. The average Bonchev–Trinajstić information content (AvgIpc) is 2.19. The van der Waals surface area contributed by atoms with Crippen molar-refractivity contribution in [2.24, 2.45) is 13.0 Å². The Hall–Kier alpha value is -0.0900. The van der Waals surface area contributed by atoms with Crippen molar-refractivity contribution < 1.29 is 0 Å². The van der Waals surface area contributed by atoms with Gasteiger partial charge in [0.05, 0.1) is 6.33 Å². The topological polar surface area (TPSA) is 17.8 Å². The first-order valence-electron chi connectivity index (χ1n) is 3.84. The van der Waals surface area contributed by atoms with E-state index in [1.807, 2.05) is 7.05 Å². The van der Waals surface area contributed by atoms with Crippen LogP contribution >= 0.6 is 25.3 Å². The van der Waals surface area contributed by atoms with Crippen molar-refractivity contribution in [3.8, 4) is 0 Å². The quantitative estimate of drug-likeness (QED) is 0.622. The summed E-state index contributed by atoms with van der Waals surface area (Å²) in [5, 5.41) is 1.48. The molecule has 4 heteroatoms. The number of aromatic nitrogens is 2. The first-order valence-corrected chi connectivity index (χ1v) is 4.73. The van der Waals surface area contributed by atoms with E-state index in [1.165, 1.54) is 0 Å². The van der Waals surface area contributed by atoms with E-state index < -0.39 is 0 Å². The third kappa shape index (κ3) is 4.72. The number of nitrogens with zero attached hydrogens (tertiary/aromatic N) is 2. The van der Waals surface area contributed by atoms with Crippen molar-refractivity contribution >= 4 is 25.3 Å². The lowest BCUT2D eigenvalue weighted by molar-refractivity contribution is 0.737. The molecule has 0 saturated carbocycles. The van der Waals surface area contributed by atoms with Crippen molar-refractivity contribution in [2.45, 2.75) is 30.8 Å². The van der Waals surface area contributed by atoms with E-state index in [9.17, 15) is 0 Å². The van der Waals surface area contributed by atoms with Gasteiger partial charge in [-0.15, -0.1) is 25.3 Å².